The minimum Gasteiger partial charge on any atom is -0.368 e. The van der Waals surface area contributed by atoms with E-state index in [2.05, 4.69) is 27.2 Å². The summed E-state index contributed by atoms with van der Waals surface area (Å²) in [5.41, 5.74) is 0. The van der Waals surface area contributed by atoms with Crippen molar-refractivity contribution in [2.45, 2.75) is 31.8 Å². The maximum Gasteiger partial charge on any atom is 0.251 e. The molecule has 0 aromatic carbocycles. The number of halogens is 1. The van der Waals surface area contributed by atoms with E-state index in [1.807, 2.05) is 11.9 Å². The summed E-state index contributed by atoms with van der Waals surface area (Å²) in [6.45, 7) is 7.26. The lowest BCUT2D eigenvalue weighted by Crippen LogP contribution is -2.56. The van der Waals surface area contributed by atoms with Gasteiger partial charge in [-0.2, -0.15) is 0 Å². The van der Waals surface area contributed by atoms with Gasteiger partial charge in [-0.05, 0) is 45.2 Å². The molecule has 1 N–H and O–H groups in total. The number of piperidine rings is 1. The molecule has 0 saturated carbocycles. The standard InChI is InChI=1S/C18H33N5O2.HI/c1-19-18(20-13-15-5-3-7-21(2)14-15)23-10-8-22(9-11-23)17(24)16-6-4-12-25-16;/h15-16H,3-14H2,1-2H3,(H,19,20);1H. The van der Waals surface area contributed by atoms with E-state index in [9.17, 15) is 4.79 Å². The summed E-state index contributed by atoms with van der Waals surface area (Å²) in [6, 6.07) is 0. The molecule has 2 atom stereocenters. The molecule has 150 valence electrons. The van der Waals surface area contributed by atoms with Crippen LogP contribution in [0.1, 0.15) is 25.7 Å². The highest BCUT2D eigenvalue weighted by Crippen LogP contribution is 2.16. The number of hydrogen-bond acceptors (Lipinski definition) is 4. The van der Waals surface area contributed by atoms with Gasteiger partial charge in [-0.15, -0.1) is 24.0 Å². The molecule has 2 unspecified atom stereocenters. The first-order valence-electron chi connectivity index (χ1n) is 9.72. The molecule has 1 amide bonds. The predicted octanol–water partition coefficient (Wildman–Crippen LogP) is 0.845. The molecule has 0 bridgehead atoms. The Hall–Kier alpha value is -0.610. The smallest absolute Gasteiger partial charge is 0.251 e. The van der Waals surface area contributed by atoms with Gasteiger partial charge in [0.1, 0.15) is 6.10 Å². The molecule has 0 aliphatic carbocycles. The van der Waals surface area contributed by atoms with Crippen molar-refractivity contribution in [3.63, 3.8) is 0 Å². The van der Waals surface area contributed by atoms with Gasteiger partial charge in [-0.25, -0.2) is 0 Å². The van der Waals surface area contributed by atoms with Gasteiger partial charge >= 0.3 is 0 Å². The van der Waals surface area contributed by atoms with Crippen LogP contribution in [-0.2, 0) is 9.53 Å². The average Bonchev–Trinajstić information content (AvgIpc) is 3.17. The van der Waals surface area contributed by atoms with Gasteiger partial charge in [-0.1, -0.05) is 0 Å². The van der Waals surface area contributed by atoms with Gasteiger partial charge in [-0.3, -0.25) is 9.79 Å². The monoisotopic (exact) mass is 479 g/mol. The Balaban J connectivity index is 0.00000243. The number of nitrogens with one attached hydrogen (secondary N) is 1. The Morgan fingerprint density at radius 3 is 2.46 bits per heavy atom. The van der Waals surface area contributed by atoms with Gasteiger partial charge in [0, 0.05) is 52.9 Å². The molecule has 0 aromatic heterocycles. The van der Waals surface area contributed by atoms with E-state index >= 15 is 0 Å². The van der Waals surface area contributed by atoms with Gasteiger partial charge in [0.2, 0.25) is 0 Å². The first-order chi connectivity index (χ1) is 12.2. The Morgan fingerprint density at radius 2 is 1.85 bits per heavy atom. The highest BCUT2D eigenvalue weighted by Gasteiger charge is 2.31. The quantitative estimate of drug-likeness (QED) is 0.370. The molecule has 3 aliphatic heterocycles. The Kier molecular flexibility index (Phi) is 8.89. The molecule has 3 fully saturated rings. The normalized spacial score (nSPS) is 28.0. The van der Waals surface area contributed by atoms with Crippen LogP contribution in [0.15, 0.2) is 4.99 Å². The van der Waals surface area contributed by atoms with Crippen molar-refractivity contribution >= 4 is 35.8 Å². The van der Waals surface area contributed by atoms with Crippen LogP contribution < -0.4 is 5.32 Å². The topological polar surface area (TPSA) is 60.4 Å². The van der Waals surface area contributed by atoms with Crippen molar-refractivity contribution in [2.24, 2.45) is 10.9 Å². The van der Waals surface area contributed by atoms with E-state index in [-0.39, 0.29) is 36.0 Å². The van der Waals surface area contributed by atoms with Crippen LogP contribution >= 0.6 is 24.0 Å². The maximum absolute atomic E-state index is 12.4. The number of carbonyl (C=O) groups excluding carboxylic acids is 1. The van der Waals surface area contributed by atoms with E-state index in [0.717, 1.165) is 64.7 Å². The second-order valence-corrected chi connectivity index (χ2v) is 7.51. The van der Waals surface area contributed by atoms with Crippen molar-refractivity contribution in [1.82, 2.24) is 20.0 Å². The summed E-state index contributed by atoms with van der Waals surface area (Å²) in [6.07, 6.45) is 4.25. The fourth-order valence-electron chi connectivity index (χ4n) is 4.12. The molecule has 0 radical (unpaired) electrons. The average molecular weight is 479 g/mol. The van der Waals surface area contributed by atoms with Gasteiger partial charge in [0.15, 0.2) is 5.96 Å². The molecular formula is C18H34IN5O2. The fraction of sp³-hybridized carbons (Fsp3) is 0.889. The number of amides is 1. The van der Waals surface area contributed by atoms with Gasteiger partial charge < -0.3 is 24.8 Å². The zero-order chi connectivity index (χ0) is 17.6. The Bertz CT molecular complexity index is 476. The van der Waals surface area contributed by atoms with E-state index in [4.69, 9.17) is 4.74 Å². The largest absolute Gasteiger partial charge is 0.368 e. The molecule has 0 spiro atoms. The van der Waals surface area contributed by atoms with E-state index in [1.54, 1.807) is 0 Å². The van der Waals surface area contributed by atoms with Crippen LogP contribution in [0.4, 0.5) is 0 Å². The van der Waals surface area contributed by atoms with Crippen molar-refractivity contribution in [1.29, 1.82) is 0 Å². The minimum absolute atomic E-state index is 0. The number of nitrogens with zero attached hydrogens (tertiary/aromatic N) is 4. The molecule has 3 aliphatic rings. The Labute approximate surface area is 174 Å². The minimum atomic E-state index is -0.202. The fourth-order valence-corrected chi connectivity index (χ4v) is 4.12. The molecule has 26 heavy (non-hydrogen) atoms. The third kappa shape index (κ3) is 5.69. The number of rotatable bonds is 3. The second kappa shape index (κ2) is 10.7. The number of ether oxygens (including phenoxy) is 1. The van der Waals surface area contributed by atoms with Crippen LogP contribution in [0.2, 0.25) is 0 Å². The van der Waals surface area contributed by atoms with Crippen LogP contribution in [-0.4, -0.2) is 99.2 Å². The van der Waals surface area contributed by atoms with Crippen LogP contribution in [0.3, 0.4) is 0 Å². The zero-order valence-electron chi connectivity index (χ0n) is 16.2. The molecule has 3 saturated heterocycles. The lowest BCUT2D eigenvalue weighted by atomic mass is 9.98. The van der Waals surface area contributed by atoms with Crippen molar-refractivity contribution in [3.8, 4) is 0 Å². The highest BCUT2D eigenvalue weighted by molar-refractivity contribution is 14.0. The van der Waals surface area contributed by atoms with Crippen molar-refractivity contribution in [3.05, 3.63) is 0 Å². The number of guanidine groups is 1. The highest BCUT2D eigenvalue weighted by atomic mass is 127. The number of hydrogen-bond donors (Lipinski definition) is 1. The first-order valence-corrected chi connectivity index (χ1v) is 9.72. The zero-order valence-corrected chi connectivity index (χ0v) is 18.5. The van der Waals surface area contributed by atoms with Crippen LogP contribution in [0.25, 0.3) is 0 Å². The maximum atomic E-state index is 12.4. The van der Waals surface area contributed by atoms with Crippen molar-refractivity contribution < 1.29 is 9.53 Å². The number of carbonyl (C=O) groups is 1. The van der Waals surface area contributed by atoms with Crippen molar-refractivity contribution in [2.75, 3.05) is 66.5 Å². The van der Waals surface area contributed by atoms with Crippen LogP contribution in [0.5, 0.6) is 0 Å². The lowest BCUT2D eigenvalue weighted by Gasteiger charge is -2.38. The summed E-state index contributed by atoms with van der Waals surface area (Å²) in [5.74, 6) is 1.83. The molecule has 7 nitrogen and oxygen atoms in total. The summed E-state index contributed by atoms with van der Waals surface area (Å²) < 4.78 is 5.53. The summed E-state index contributed by atoms with van der Waals surface area (Å²) in [7, 11) is 4.05. The number of likely N-dealkylation sites (tertiary alicyclic amines) is 1. The Morgan fingerprint density at radius 1 is 1.12 bits per heavy atom. The first kappa shape index (κ1) is 21.7. The van der Waals surface area contributed by atoms with Crippen LogP contribution in [0, 0.1) is 5.92 Å². The van der Waals surface area contributed by atoms with E-state index in [0.29, 0.717) is 5.92 Å². The molecule has 3 heterocycles. The number of aliphatic imine (C=N–C) groups is 1. The van der Waals surface area contributed by atoms with E-state index < -0.39 is 0 Å². The summed E-state index contributed by atoms with van der Waals surface area (Å²) in [4.78, 5) is 23.5. The molecule has 8 heteroatoms. The second-order valence-electron chi connectivity index (χ2n) is 7.51. The summed E-state index contributed by atoms with van der Waals surface area (Å²) >= 11 is 0. The number of piperazine rings is 1. The van der Waals surface area contributed by atoms with Gasteiger partial charge in [0.25, 0.3) is 5.91 Å². The molecule has 3 rings (SSSR count). The third-order valence-electron chi connectivity index (χ3n) is 5.58. The molecule has 0 aromatic rings. The molecular weight excluding hydrogens is 445 g/mol. The summed E-state index contributed by atoms with van der Waals surface area (Å²) in [5, 5.41) is 3.55. The van der Waals surface area contributed by atoms with Gasteiger partial charge in [0.05, 0.1) is 0 Å². The third-order valence-corrected chi connectivity index (χ3v) is 5.58. The predicted molar refractivity (Wildman–Crippen MR) is 114 cm³/mol. The van der Waals surface area contributed by atoms with E-state index in [1.165, 1.54) is 19.4 Å². The SMILES string of the molecule is CN=C(NCC1CCCN(C)C1)N1CCN(C(=O)C2CCCO2)CC1.I. The lowest BCUT2D eigenvalue weighted by molar-refractivity contribution is -0.142.